The molecule has 1 aromatic carbocycles. The quantitative estimate of drug-likeness (QED) is 0.892. The molecule has 0 saturated carbocycles. The molecule has 0 unspecified atom stereocenters. The number of aromatic nitrogens is 1. The Kier molecular flexibility index (Phi) is 3.79. The second kappa shape index (κ2) is 5.51. The molecule has 0 radical (unpaired) electrons. The van der Waals surface area contributed by atoms with Crippen LogP contribution in [0, 0.1) is 11.6 Å². The van der Waals surface area contributed by atoms with E-state index in [1.54, 1.807) is 12.1 Å². The topological polar surface area (TPSA) is 60.2 Å². The van der Waals surface area contributed by atoms with Crippen LogP contribution in [0.2, 0.25) is 0 Å². The van der Waals surface area contributed by atoms with Gasteiger partial charge in [-0.3, -0.25) is 0 Å². The van der Waals surface area contributed by atoms with Crippen molar-refractivity contribution in [3.63, 3.8) is 0 Å². The predicted molar refractivity (Wildman–Crippen MR) is 68.9 cm³/mol. The smallest absolute Gasteiger partial charge is 0.238 e. The summed E-state index contributed by atoms with van der Waals surface area (Å²) in [6.07, 6.45) is 0. The fraction of sp³-hybridized carbons (Fsp3) is 0.154. The Morgan fingerprint density at radius 1 is 1.26 bits per heavy atom. The Hall–Kier alpha value is -2.37. The molecular formula is C13H13F2N3O. The molecule has 0 amide bonds. The van der Waals surface area contributed by atoms with Gasteiger partial charge < -0.3 is 15.8 Å². The SMILES string of the molecule is COc1nc(NCc2ccc(F)cc2F)ccc1N. The summed E-state index contributed by atoms with van der Waals surface area (Å²) in [5, 5.41) is 2.91. The summed E-state index contributed by atoms with van der Waals surface area (Å²) in [7, 11) is 1.46. The van der Waals surface area contributed by atoms with Crippen LogP contribution in [0.15, 0.2) is 30.3 Å². The van der Waals surface area contributed by atoms with Gasteiger partial charge in [-0.25, -0.2) is 8.78 Å². The molecule has 0 aliphatic carbocycles. The van der Waals surface area contributed by atoms with Crippen LogP contribution < -0.4 is 15.8 Å². The highest BCUT2D eigenvalue weighted by Crippen LogP contribution is 2.20. The lowest BCUT2D eigenvalue weighted by Gasteiger charge is -2.09. The Bertz CT molecular complexity index is 590. The third-order valence-electron chi connectivity index (χ3n) is 2.56. The number of nitrogen functional groups attached to an aromatic ring is 1. The first-order valence-electron chi connectivity index (χ1n) is 5.58. The number of ether oxygens (including phenoxy) is 1. The van der Waals surface area contributed by atoms with Gasteiger partial charge in [0.25, 0.3) is 0 Å². The number of hydrogen-bond donors (Lipinski definition) is 2. The molecule has 3 N–H and O–H groups in total. The Balaban J connectivity index is 2.10. The highest BCUT2D eigenvalue weighted by Gasteiger charge is 2.06. The fourth-order valence-corrected chi connectivity index (χ4v) is 1.56. The van der Waals surface area contributed by atoms with Gasteiger partial charge in [0, 0.05) is 18.2 Å². The van der Waals surface area contributed by atoms with Crippen LogP contribution in [0.4, 0.5) is 20.3 Å². The van der Waals surface area contributed by atoms with E-state index < -0.39 is 11.6 Å². The number of rotatable bonds is 4. The minimum Gasteiger partial charge on any atom is -0.479 e. The fourth-order valence-electron chi connectivity index (χ4n) is 1.56. The van der Waals surface area contributed by atoms with Gasteiger partial charge in [-0.1, -0.05) is 6.07 Å². The lowest BCUT2D eigenvalue weighted by Crippen LogP contribution is -2.05. The third kappa shape index (κ3) is 3.09. The van der Waals surface area contributed by atoms with Crippen molar-refractivity contribution in [3.8, 4) is 5.88 Å². The van der Waals surface area contributed by atoms with E-state index in [9.17, 15) is 8.78 Å². The number of pyridine rings is 1. The molecule has 2 aromatic rings. The van der Waals surface area contributed by atoms with E-state index >= 15 is 0 Å². The number of anilines is 2. The summed E-state index contributed by atoms with van der Waals surface area (Å²) in [5.41, 5.74) is 6.39. The van der Waals surface area contributed by atoms with Crippen LogP contribution >= 0.6 is 0 Å². The van der Waals surface area contributed by atoms with Crippen molar-refractivity contribution in [1.29, 1.82) is 0 Å². The van der Waals surface area contributed by atoms with Crippen LogP contribution in [0.1, 0.15) is 5.56 Å². The maximum absolute atomic E-state index is 13.4. The molecule has 6 heteroatoms. The molecule has 0 aliphatic rings. The molecule has 1 aromatic heterocycles. The average molecular weight is 265 g/mol. The van der Waals surface area contributed by atoms with Gasteiger partial charge in [-0.05, 0) is 18.2 Å². The van der Waals surface area contributed by atoms with Gasteiger partial charge in [0.15, 0.2) is 0 Å². The number of hydrogen-bond acceptors (Lipinski definition) is 4. The van der Waals surface area contributed by atoms with Gasteiger partial charge >= 0.3 is 0 Å². The number of benzene rings is 1. The Labute approximate surface area is 109 Å². The Morgan fingerprint density at radius 3 is 2.74 bits per heavy atom. The van der Waals surface area contributed by atoms with Crippen LogP contribution in [-0.4, -0.2) is 12.1 Å². The summed E-state index contributed by atoms with van der Waals surface area (Å²) in [4.78, 5) is 4.10. The van der Waals surface area contributed by atoms with E-state index in [0.29, 0.717) is 22.9 Å². The number of methoxy groups -OCH3 is 1. The maximum atomic E-state index is 13.4. The van der Waals surface area contributed by atoms with Gasteiger partial charge in [-0.2, -0.15) is 4.98 Å². The van der Waals surface area contributed by atoms with E-state index in [4.69, 9.17) is 10.5 Å². The summed E-state index contributed by atoms with van der Waals surface area (Å²) >= 11 is 0. The van der Waals surface area contributed by atoms with Crippen LogP contribution in [0.25, 0.3) is 0 Å². The second-order valence-electron chi connectivity index (χ2n) is 3.88. The molecule has 19 heavy (non-hydrogen) atoms. The maximum Gasteiger partial charge on any atom is 0.238 e. The van der Waals surface area contributed by atoms with Crippen molar-refractivity contribution in [2.24, 2.45) is 0 Å². The zero-order valence-corrected chi connectivity index (χ0v) is 10.3. The summed E-state index contributed by atoms with van der Waals surface area (Å²) < 4.78 is 31.1. The molecule has 0 atom stereocenters. The molecule has 4 nitrogen and oxygen atoms in total. The van der Waals surface area contributed by atoms with E-state index in [2.05, 4.69) is 10.3 Å². The zero-order chi connectivity index (χ0) is 13.8. The largest absolute Gasteiger partial charge is 0.479 e. The normalized spacial score (nSPS) is 10.3. The Morgan fingerprint density at radius 2 is 2.05 bits per heavy atom. The van der Waals surface area contributed by atoms with Crippen LogP contribution in [0.5, 0.6) is 5.88 Å². The minimum absolute atomic E-state index is 0.187. The average Bonchev–Trinajstić information content (AvgIpc) is 2.39. The number of halogens is 2. The van der Waals surface area contributed by atoms with Crippen molar-refractivity contribution in [1.82, 2.24) is 4.98 Å². The molecule has 0 saturated heterocycles. The number of nitrogens with two attached hydrogens (primary N) is 1. The molecule has 0 aliphatic heterocycles. The number of nitrogens with zero attached hydrogens (tertiary/aromatic N) is 1. The zero-order valence-electron chi connectivity index (χ0n) is 10.3. The molecule has 0 fully saturated rings. The summed E-state index contributed by atoms with van der Waals surface area (Å²) in [5.74, 6) is -0.414. The van der Waals surface area contributed by atoms with Crippen molar-refractivity contribution in [2.45, 2.75) is 6.54 Å². The van der Waals surface area contributed by atoms with Gasteiger partial charge in [-0.15, -0.1) is 0 Å². The molecule has 0 bridgehead atoms. The molecule has 0 spiro atoms. The minimum atomic E-state index is -0.603. The lowest BCUT2D eigenvalue weighted by molar-refractivity contribution is 0.401. The number of nitrogens with one attached hydrogen (secondary N) is 1. The van der Waals surface area contributed by atoms with E-state index in [1.807, 2.05) is 0 Å². The lowest BCUT2D eigenvalue weighted by atomic mass is 10.2. The van der Waals surface area contributed by atoms with Crippen molar-refractivity contribution < 1.29 is 13.5 Å². The first-order chi connectivity index (χ1) is 9.10. The molecule has 2 rings (SSSR count). The summed E-state index contributed by atoms with van der Waals surface area (Å²) in [6, 6.07) is 6.71. The van der Waals surface area contributed by atoms with Gasteiger partial charge in [0.1, 0.15) is 17.5 Å². The van der Waals surface area contributed by atoms with E-state index in [0.717, 1.165) is 6.07 Å². The molecule has 100 valence electrons. The highest BCUT2D eigenvalue weighted by molar-refractivity contribution is 5.53. The van der Waals surface area contributed by atoms with Crippen molar-refractivity contribution in [3.05, 3.63) is 47.5 Å². The standard InChI is InChI=1S/C13H13F2N3O/c1-19-13-11(16)4-5-12(18-13)17-7-8-2-3-9(14)6-10(8)15/h2-6H,7,16H2,1H3,(H,17,18). The van der Waals surface area contributed by atoms with Crippen molar-refractivity contribution >= 4 is 11.5 Å². The van der Waals surface area contributed by atoms with Crippen LogP contribution in [-0.2, 0) is 6.54 Å². The van der Waals surface area contributed by atoms with E-state index in [1.165, 1.54) is 19.2 Å². The summed E-state index contributed by atoms with van der Waals surface area (Å²) in [6.45, 7) is 0.187. The van der Waals surface area contributed by atoms with Crippen LogP contribution in [0.3, 0.4) is 0 Å². The highest BCUT2D eigenvalue weighted by atomic mass is 19.1. The van der Waals surface area contributed by atoms with Gasteiger partial charge in [0.05, 0.1) is 12.8 Å². The first-order valence-corrected chi connectivity index (χ1v) is 5.58. The predicted octanol–water partition coefficient (Wildman–Crippen LogP) is 2.56. The second-order valence-corrected chi connectivity index (χ2v) is 3.88. The monoisotopic (exact) mass is 265 g/mol. The molecular weight excluding hydrogens is 252 g/mol. The van der Waals surface area contributed by atoms with E-state index in [-0.39, 0.29) is 6.54 Å². The van der Waals surface area contributed by atoms with Crippen molar-refractivity contribution in [2.75, 3.05) is 18.2 Å². The molecule has 1 heterocycles. The first kappa shape index (κ1) is 13.1. The third-order valence-corrected chi connectivity index (χ3v) is 2.56. The van der Waals surface area contributed by atoms with Gasteiger partial charge in [0.2, 0.25) is 5.88 Å².